The summed E-state index contributed by atoms with van der Waals surface area (Å²) >= 11 is 0. The van der Waals surface area contributed by atoms with Crippen LogP contribution in [-0.4, -0.2) is 0 Å². The molecule has 0 aliphatic heterocycles. The predicted octanol–water partition coefficient (Wildman–Crippen LogP) is 6.05. The number of hydrogen-bond acceptors (Lipinski definition) is 0. The third kappa shape index (κ3) is 2.18. The second-order valence-corrected chi connectivity index (χ2v) is 7.08. The minimum Gasteiger partial charge on any atom is -0.173 e. The smallest absolute Gasteiger partial charge is 0.0189 e. The van der Waals surface area contributed by atoms with Crippen molar-refractivity contribution >= 4 is 16.3 Å². The van der Waals surface area contributed by atoms with Crippen LogP contribution in [0.4, 0.5) is 0 Å². The van der Waals surface area contributed by atoms with E-state index in [4.69, 9.17) is 0 Å². The van der Waals surface area contributed by atoms with E-state index in [-0.39, 0.29) is 0 Å². The number of rotatable bonds is 2. The Hall–Kier alpha value is -1.95. The summed E-state index contributed by atoms with van der Waals surface area (Å²) in [4.78, 5) is 0. The Morgan fingerprint density at radius 2 is 1.82 bits per heavy atom. The normalized spacial score (nSPS) is 24.0. The Labute approximate surface area is 133 Å². The molecule has 0 amide bonds. The van der Waals surface area contributed by atoms with Crippen molar-refractivity contribution in [2.24, 2.45) is 17.8 Å². The van der Waals surface area contributed by atoms with Gasteiger partial charge in [0.2, 0.25) is 0 Å². The lowest BCUT2D eigenvalue weighted by Gasteiger charge is -2.30. The maximum absolute atomic E-state index is 2.37. The first kappa shape index (κ1) is 13.7. The monoisotopic (exact) mass is 287 g/mol. The summed E-state index contributed by atoms with van der Waals surface area (Å²) in [7, 11) is 0. The number of fused-ring (bicyclic) bond motifs is 2. The molecule has 0 spiro atoms. The van der Waals surface area contributed by atoms with Crippen LogP contribution in [0, 0.1) is 24.2 Å². The molecule has 22 heavy (non-hydrogen) atoms. The highest BCUT2D eigenvalue weighted by molar-refractivity contribution is 5.95. The van der Waals surface area contributed by atoms with Gasteiger partial charge in [-0.05, 0) is 22.6 Å². The van der Waals surface area contributed by atoms with Crippen molar-refractivity contribution in [2.45, 2.75) is 26.7 Å². The van der Waals surface area contributed by atoms with Crippen LogP contribution in [0.25, 0.3) is 16.3 Å². The minimum atomic E-state index is 0.628. The van der Waals surface area contributed by atoms with Gasteiger partial charge in [0.25, 0.3) is 0 Å². The molecule has 2 atom stereocenters. The van der Waals surface area contributed by atoms with Gasteiger partial charge in [0.15, 0.2) is 0 Å². The summed E-state index contributed by atoms with van der Waals surface area (Å²) in [6.07, 6.45) is 9.55. The number of hydrogen-bond donors (Lipinski definition) is 0. The predicted molar refractivity (Wildman–Crippen MR) is 95.4 cm³/mol. The highest BCUT2D eigenvalue weighted by Crippen LogP contribution is 2.49. The largest absolute Gasteiger partial charge is 0.173 e. The van der Waals surface area contributed by atoms with Gasteiger partial charge in [-0.2, -0.15) is 24.1 Å². The van der Waals surface area contributed by atoms with Gasteiger partial charge in [-0.15, -0.1) is 5.57 Å². The van der Waals surface area contributed by atoms with E-state index in [9.17, 15) is 0 Å². The fraction of sp³-hybridized carbons (Fsp3) is 0.318. The third-order valence-corrected chi connectivity index (χ3v) is 5.49. The summed E-state index contributed by atoms with van der Waals surface area (Å²) in [6, 6.07) is 15.5. The number of benzene rings is 2. The molecule has 0 radical (unpaired) electrons. The summed E-state index contributed by atoms with van der Waals surface area (Å²) in [6.45, 7) is 4.74. The zero-order valence-electron chi connectivity index (χ0n) is 13.4. The Morgan fingerprint density at radius 3 is 2.68 bits per heavy atom. The van der Waals surface area contributed by atoms with Crippen LogP contribution in [0.2, 0.25) is 0 Å². The van der Waals surface area contributed by atoms with Gasteiger partial charge in [0, 0.05) is 0 Å². The van der Waals surface area contributed by atoms with Crippen LogP contribution in [0.1, 0.15) is 32.3 Å². The second kappa shape index (κ2) is 5.35. The molecule has 0 N–H and O–H groups in total. The molecule has 4 rings (SSSR count). The Kier molecular flexibility index (Phi) is 3.33. The Balaban J connectivity index is 1.78. The van der Waals surface area contributed by atoms with Gasteiger partial charge in [-0.25, -0.2) is 0 Å². The van der Waals surface area contributed by atoms with Gasteiger partial charge >= 0.3 is 0 Å². The fourth-order valence-electron chi connectivity index (χ4n) is 4.15. The fourth-order valence-corrected chi connectivity index (χ4v) is 4.15. The zero-order valence-corrected chi connectivity index (χ0v) is 13.4. The first-order valence-corrected chi connectivity index (χ1v) is 8.46. The van der Waals surface area contributed by atoms with E-state index in [0.717, 1.165) is 11.8 Å². The van der Waals surface area contributed by atoms with Crippen molar-refractivity contribution in [1.82, 2.24) is 0 Å². The van der Waals surface area contributed by atoms with Crippen molar-refractivity contribution < 1.29 is 0 Å². The van der Waals surface area contributed by atoms with Crippen LogP contribution < -0.4 is 0 Å². The highest BCUT2D eigenvalue weighted by Gasteiger charge is 2.29. The maximum atomic E-state index is 2.37. The van der Waals surface area contributed by atoms with Crippen molar-refractivity contribution in [1.29, 1.82) is 0 Å². The molecule has 2 unspecified atom stereocenters. The molecule has 1 saturated carbocycles. The summed E-state index contributed by atoms with van der Waals surface area (Å²) in [5.74, 6) is 2.24. The van der Waals surface area contributed by atoms with E-state index in [2.05, 4.69) is 74.9 Å². The molecule has 0 bridgehead atoms. The second-order valence-electron chi connectivity index (χ2n) is 7.08. The maximum Gasteiger partial charge on any atom is -0.0189 e. The molecule has 0 heteroatoms. The molecule has 0 nitrogen and oxygen atoms in total. The summed E-state index contributed by atoms with van der Waals surface area (Å²) in [5.41, 5.74) is 4.59. The molecule has 2 aliphatic carbocycles. The van der Waals surface area contributed by atoms with Crippen LogP contribution >= 0.6 is 0 Å². The first-order valence-electron chi connectivity index (χ1n) is 8.46. The lowest BCUT2D eigenvalue weighted by atomic mass is 9.82. The van der Waals surface area contributed by atoms with Gasteiger partial charge < -0.3 is 0 Å². The minimum absolute atomic E-state index is 0.628. The van der Waals surface area contributed by atoms with E-state index < -0.39 is 0 Å². The molecule has 1 fully saturated rings. The van der Waals surface area contributed by atoms with Gasteiger partial charge in [-0.1, -0.05) is 80.6 Å². The summed E-state index contributed by atoms with van der Waals surface area (Å²) in [5, 5.41) is 2.73. The van der Waals surface area contributed by atoms with Crippen LogP contribution in [-0.2, 0) is 0 Å². The van der Waals surface area contributed by atoms with Crippen molar-refractivity contribution in [2.75, 3.05) is 0 Å². The van der Waals surface area contributed by atoms with Crippen LogP contribution in [0.5, 0.6) is 0 Å². The molecule has 2 aromatic carbocycles. The molecule has 0 heterocycles. The first-order chi connectivity index (χ1) is 10.7. The zero-order chi connectivity index (χ0) is 15.1. The number of allylic oxidation sites excluding steroid dienone is 4. The van der Waals surface area contributed by atoms with E-state index >= 15 is 0 Å². The van der Waals surface area contributed by atoms with Crippen molar-refractivity contribution in [3.63, 3.8) is 0 Å². The third-order valence-electron chi connectivity index (χ3n) is 5.49. The van der Waals surface area contributed by atoms with E-state index in [0.29, 0.717) is 5.92 Å². The van der Waals surface area contributed by atoms with Crippen LogP contribution in [0.15, 0.2) is 60.2 Å². The lowest BCUT2D eigenvalue weighted by molar-refractivity contribution is 0.392. The van der Waals surface area contributed by atoms with Crippen LogP contribution in [0.3, 0.4) is 0 Å². The molecule has 112 valence electrons. The Morgan fingerprint density at radius 1 is 1.00 bits per heavy atom. The standard InChI is InChI=1S/C22H23/c1-15(2)18-13-17-9-6-12-21(22(17)14-18)20-11-5-8-16-7-3-4-10-19(16)20/h3-12,15,18,22H,13-14H2,1-2H3/q-1. The van der Waals surface area contributed by atoms with Gasteiger partial charge in [-0.3, -0.25) is 0 Å². The molecular formula is C22H23-. The lowest BCUT2D eigenvalue weighted by Crippen LogP contribution is -2.07. The van der Waals surface area contributed by atoms with Crippen molar-refractivity contribution in [3.05, 3.63) is 72.2 Å². The molecular weight excluding hydrogens is 264 g/mol. The van der Waals surface area contributed by atoms with E-state index in [1.54, 1.807) is 5.57 Å². The van der Waals surface area contributed by atoms with Gasteiger partial charge in [0.05, 0.1) is 0 Å². The molecule has 0 saturated heterocycles. The summed E-state index contributed by atoms with van der Waals surface area (Å²) < 4.78 is 0. The Bertz CT molecular complexity index is 755. The average molecular weight is 287 g/mol. The van der Waals surface area contributed by atoms with E-state index in [1.807, 2.05) is 0 Å². The van der Waals surface area contributed by atoms with Gasteiger partial charge in [0.1, 0.15) is 0 Å². The van der Waals surface area contributed by atoms with Crippen molar-refractivity contribution in [3.8, 4) is 0 Å². The average Bonchev–Trinajstić information content (AvgIpc) is 2.99. The van der Waals surface area contributed by atoms with E-state index in [1.165, 1.54) is 34.8 Å². The molecule has 2 aliphatic rings. The highest BCUT2D eigenvalue weighted by atomic mass is 14.4. The molecule has 2 aromatic rings. The SMILES string of the molecule is CC(C)C1CC2=C[CH-]C=C(c3cccc4ccccc34)C2C1. The quantitative estimate of drug-likeness (QED) is 0.590. The molecule has 0 aromatic heterocycles. The topological polar surface area (TPSA) is 0 Å².